The molecule has 0 bridgehead atoms. The van der Waals surface area contributed by atoms with Crippen molar-refractivity contribution in [3.63, 3.8) is 0 Å². The number of nitrogens with zero attached hydrogens (tertiary/aromatic N) is 2. The SMILES string of the molecule is CCCn1c(=O)c2sccc2n(CC(=O)NCCC2=CCCCC2)c1=O. The lowest BCUT2D eigenvalue weighted by Crippen LogP contribution is -2.42. The molecule has 6 nitrogen and oxygen atoms in total. The van der Waals surface area contributed by atoms with E-state index in [1.807, 2.05) is 6.92 Å². The number of fused-ring (bicyclic) bond motifs is 1. The summed E-state index contributed by atoms with van der Waals surface area (Å²) in [5.74, 6) is -0.197. The lowest BCUT2D eigenvalue weighted by Gasteiger charge is -2.14. The van der Waals surface area contributed by atoms with Crippen LogP contribution >= 0.6 is 11.3 Å². The molecule has 140 valence electrons. The number of carbonyl (C=O) groups excluding carboxylic acids is 1. The van der Waals surface area contributed by atoms with E-state index in [9.17, 15) is 14.4 Å². The first kappa shape index (κ1) is 18.6. The fraction of sp³-hybridized carbons (Fsp3) is 0.526. The summed E-state index contributed by atoms with van der Waals surface area (Å²) in [7, 11) is 0. The molecule has 0 aromatic carbocycles. The monoisotopic (exact) mass is 375 g/mol. The van der Waals surface area contributed by atoms with Crippen LogP contribution in [0.25, 0.3) is 10.2 Å². The van der Waals surface area contributed by atoms with E-state index < -0.39 is 5.69 Å². The van der Waals surface area contributed by atoms with Gasteiger partial charge in [0.25, 0.3) is 5.56 Å². The molecule has 0 spiro atoms. The zero-order valence-corrected chi connectivity index (χ0v) is 15.9. The molecule has 3 rings (SSSR count). The largest absolute Gasteiger partial charge is 0.354 e. The van der Waals surface area contributed by atoms with Gasteiger partial charge in [-0.2, -0.15) is 0 Å². The van der Waals surface area contributed by atoms with Crippen LogP contribution in [0.3, 0.4) is 0 Å². The van der Waals surface area contributed by atoms with Crippen LogP contribution in [0, 0.1) is 0 Å². The lowest BCUT2D eigenvalue weighted by molar-refractivity contribution is -0.121. The van der Waals surface area contributed by atoms with Crippen LogP contribution < -0.4 is 16.6 Å². The molecule has 0 fully saturated rings. The molecular weight excluding hydrogens is 350 g/mol. The van der Waals surface area contributed by atoms with Gasteiger partial charge in [-0.15, -0.1) is 11.3 Å². The van der Waals surface area contributed by atoms with Gasteiger partial charge in [0.2, 0.25) is 5.91 Å². The van der Waals surface area contributed by atoms with Crippen LogP contribution in [0.2, 0.25) is 0 Å². The zero-order valence-electron chi connectivity index (χ0n) is 15.1. The highest BCUT2D eigenvalue weighted by atomic mass is 32.1. The first-order valence-corrected chi connectivity index (χ1v) is 10.1. The van der Waals surface area contributed by atoms with Crippen LogP contribution in [0.4, 0.5) is 0 Å². The maximum Gasteiger partial charge on any atom is 0.332 e. The van der Waals surface area contributed by atoms with E-state index in [1.165, 1.54) is 38.9 Å². The van der Waals surface area contributed by atoms with Crippen LogP contribution in [-0.2, 0) is 17.9 Å². The Morgan fingerprint density at radius 3 is 2.85 bits per heavy atom. The normalized spacial score (nSPS) is 14.4. The third kappa shape index (κ3) is 3.98. The van der Waals surface area contributed by atoms with Gasteiger partial charge in [-0.1, -0.05) is 18.6 Å². The average molecular weight is 375 g/mol. The second kappa shape index (κ2) is 8.49. The Kier molecular flexibility index (Phi) is 6.08. The number of amides is 1. The molecule has 1 N–H and O–H groups in total. The van der Waals surface area contributed by atoms with E-state index in [0.29, 0.717) is 29.7 Å². The Morgan fingerprint density at radius 1 is 1.27 bits per heavy atom. The first-order chi connectivity index (χ1) is 12.6. The van der Waals surface area contributed by atoms with Crippen LogP contribution in [0.5, 0.6) is 0 Å². The first-order valence-electron chi connectivity index (χ1n) is 9.27. The van der Waals surface area contributed by atoms with Crippen molar-refractivity contribution in [1.82, 2.24) is 14.5 Å². The van der Waals surface area contributed by atoms with Gasteiger partial charge in [0.05, 0.1) is 5.52 Å². The summed E-state index contributed by atoms with van der Waals surface area (Å²) in [6, 6.07) is 1.74. The number of carbonyl (C=O) groups is 1. The number of thiophene rings is 1. The summed E-state index contributed by atoms with van der Waals surface area (Å²) in [5, 5.41) is 4.69. The number of rotatable bonds is 7. The van der Waals surface area contributed by atoms with Crippen LogP contribution in [0.15, 0.2) is 32.7 Å². The van der Waals surface area contributed by atoms with Crippen molar-refractivity contribution in [3.05, 3.63) is 43.9 Å². The van der Waals surface area contributed by atoms with E-state index in [4.69, 9.17) is 0 Å². The summed E-state index contributed by atoms with van der Waals surface area (Å²) >= 11 is 1.31. The molecule has 0 aliphatic heterocycles. The number of aromatic nitrogens is 2. The predicted molar refractivity (Wildman–Crippen MR) is 105 cm³/mol. The van der Waals surface area contributed by atoms with Crippen molar-refractivity contribution in [2.24, 2.45) is 0 Å². The lowest BCUT2D eigenvalue weighted by atomic mass is 9.97. The molecule has 2 heterocycles. The fourth-order valence-electron chi connectivity index (χ4n) is 3.40. The molecule has 2 aromatic heterocycles. The number of hydrogen-bond acceptors (Lipinski definition) is 4. The highest BCUT2D eigenvalue weighted by molar-refractivity contribution is 7.17. The third-order valence-corrected chi connectivity index (χ3v) is 5.63. The average Bonchev–Trinajstić information content (AvgIpc) is 3.13. The number of nitrogens with one attached hydrogen (secondary N) is 1. The number of hydrogen-bond donors (Lipinski definition) is 1. The molecule has 26 heavy (non-hydrogen) atoms. The van der Waals surface area contributed by atoms with Crippen molar-refractivity contribution < 1.29 is 4.79 Å². The van der Waals surface area contributed by atoms with Crippen molar-refractivity contribution in [3.8, 4) is 0 Å². The standard InChI is InChI=1S/C19H25N3O3S/c1-2-11-21-18(24)17-15(9-12-26-17)22(19(21)25)13-16(23)20-10-8-14-6-4-3-5-7-14/h6,9,12H,2-5,7-8,10-11,13H2,1H3,(H,20,23). The second-order valence-corrected chi connectivity index (χ2v) is 7.58. The second-order valence-electron chi connectivity index (χ2n) is 6.67. The smallest absolute Gasteiger partial charge is 0.332 e. The van der Waals surface area contributed by atoms with Crippen LogP contribution in [-0.4, -0.2) is 21.6 Å². The maximum atomic E-state index is 12.7. The minimum absolute atomic E-state index is 0.0604. The van der Waals surface area contributed by atoms with Gasteiger partial charge in [-0.3, -0.25) is 18.7 Å². The quantitative estimate of drug-likeness (QED) is 0.756. The fourth-order valence-corrected chi connectivity index (χ4v) is 4.24. The van der Waals surface area contributed by atoms with E-state index in [-0.39, 0.29) is 18.0 Å². The van der Waals surface area contributed by atoms with Crippen LogP contribution in [0.1, 0.15) is 45.4 Å². The molecule has 1 aliphatic rings. The molecule has 7 heteroatoms. The maximum absolute atomic E-state index is 12.7. The van der Waals surface area contributed by atoms with Gasteiger partial charge in [0.15, 0.2) is 0 Å². The van der Waals surface area contributed by atoms with E-state index in [1.54, 1.807) is 11.4 Å². The van der Waals surface area contributed by atoms with Gasteiger partial charge in [-0.05, 0) is 50.0 Å². The molecule has 1 amide bonds. The molecular formula is C19H25N3O3S. The Bertz CT molecular complexity index is 936. The van der Waals surface area contributed by atoms with Gasteiger partial charge >= 0.3 is 5.69 Å². The summed E-state index contributed by atoms with van der Waals surface area (Å²) in [4.78, 5) is 37.5. The molecule has 0 saturated carbocycles. The summed E-state index contributed by atoms with van der Waals surface area (Å²) in [6.45, 7) is 2.80. The Morgan fingerprint density at radius 2 is 2.12 bits per heavy atom. The summed E-state index contributed by atoms with van der Waals surface area (Å²) in [5.41, 5.74) is 1.28. The van der Waals surface area contributed by atoms with E-state index in [0.717, 1.165) is 19.3 Å². The molecule has 0 unspecified atom stereocenters. The van der Waals surface area contributed by atoms with E-state index in [2.05, 4.69) is 11.4 Å². The van der Waals surface area contributed by atoms with Gasteiger partial charge < -0.3 is 5.32 Å². The topological polar surface area (TPSA) is 73.1 Å². The van der Waals surface area contributed by atoms with Crippen molar-refractivity contribution in [2.45, 2.75) is 58.5 Å². The molecule has 2 aromatic rings. The van der Waals surface area contributed by atoms with Gasteiger partial charge in [-0.25, -0.2) is 4.79 Å². The zero-order chi connectivity index (χ0) is 18.5. The molecule has 0 radical (unpaired) electrons. The van der Waals surface area contributed by atoms with Crippen molar-refractivity contribution >= 4 is 27.5 Å². The Labute approximate surface area is 156 Å². The summed E-state index contributed by atoms with van der Waals surface area (Å²) in [6.07, 6.45) is 8.56. The minimum Gasteiger partial charge on any atom is -0.354 e. The molecule has 0 saturated heterocycles. The Hall–Kier alpha value is -2.15. The van der Waals surface area contributed by atoms with Crippen molar-refractivity contribution in [2.75, 3.05) is 6.54 Å². The third-order valence-electron chi connectivity index (χ3n) is 4.74. The van der Waals surface area contributed by atoms with E-state index >= 15 is 0 Å². The van der Waals surface area contributed by atoms with Gasteiger partial charge in [0, 0.05) is 13.1 Å². The predicted octanol–water partition coefficient (Wildman–Crippen LogP) is 2.64. The number of allylic oxidation sites excluding steroid dienone is 1. The highest BCUT2D eigenvalue weighted by Crippen LogP contribution is 2.19. The molecule has 0 atom stereocenters. The van der Waals surface area contributed by atoms with Gasteiger partial charge in [0.1, 0.15) is 11.2 Å². The Balaban J connectivity index is 1.74. The highest BCUT2D eigenvalue weighted by Gasteiger charge is 2.16. The van der Waals surface area contributed by atoms with Crippen molar-refractivity contribution in [1.29, 1.82) is 0 Å². The summed E-state index contributed by atoms with van der Waals surface area (Å²) < 4.78 is 3.18. The minimum atomic E-state index is -0.409. The molecule has 1 aliphatic carbocycles.